The number of aryl methyl sites for hydroxylation is 1. The minimum atomic E-state index is 0.251. The minimum Gasteiger partial charge on any atom is -0.488 e. The molecule has 0 N–H and O–H groups in total. The van der Waals surface area contributed by atoms with Crippen molar-refractivity contribution in [2.45, 2.75) is 19.4 Å². The first-order valence-electron chi connectivity index (χ1n) is 4.66. The molecule has 13 heavy (non-hydrogen) atoms. The number of benzene rings is 1. The fraction of sp³-hybridized carbons (Fsp3) is 0.455. The van der Waals surface area contributed by atoms with E-state index >= 15 is 0 Å². The zero-order chi connectivity index (χ0) is 9.10. The van der Waals surface area contributed by atoms with Crippen LogP contribution in [-0.2, 0) is 4.74 Å². The molecule has 1 aliphatic heterocycles. The molecule has 1 aromatic carbocycles. The number of ether oxygens (including phenoxy) is 2. The lowest BCUT2D eigenvalue weighted by molar-refractivity contribution is 0.141. The van der Waals surface area contributed by atoms with Gasteiger partial charge in [-0.3, -0.25) is 0 Å². The second-order valence-electron chi connectivity index (χ2n) is 3.37. The van der Waals surface area contributed by atoms with Gasteiger partial charge in [-0.1, -0.05) is 18.2 Å². The third-order valence-electron chi connectivity index (χ3n) is 2.28. The maximum atomic E-state index is 5.78. The van der Waals surface area contributed by atoms with Crippen LogP contribution in [0.15, 0.2) is 24.3 Å². The van der Waals surface area contributed by atoms with Crippen LogP contribution >= 0.6 is 0 Å². The second-order valence-corrected chi connectivity index (χ2v) is 3.37. The van der Waals surface area contributed by atoms with Gasteiger partial charge in [-0.25, -0.2) is 0 Å². The van der Waals surface area contributed by atoms with E-state index in [2.05, 4.69) is 13.0 Å². The summed E-state index contributed by atoms with van der Waals surface area (Å²) < 4.78 is 11.0. The molecular weight excluding hydrogens is 164 g/mol. The Morgan fingerprint density at radius 1 is 1.38 bits per heavy atom. The van der Waals surface area contributed by atoms with E-state index in [0.29, 0.717) is 0 Å². The largest absolute Gasteiger partial charge is 0.488 e. The molecule has 2 heteroatoms. The molecule has 1 heterocycles. The van der Waals surface area contributed by atoms with Crippen LogP contribution in [-0.4, -0.2) is 19.3 Å². The Kier molecular flexibility index (Phi) is 2.50. The van der Waals surface area contributed by atoms with Gasteiger partial charge < -0.3 is 9.47 Å². The molecule has 1 fully saturated rings. The molecule has 2 rings (SSSR count). The highest BCUT2D eigenvalue weighted by Gasteiger charge is 2.17. The van der Waals surface area contributed by atoms with Gasteiger partial charge in [0, 0.05) is 6.42 Å². The Morgan fingerprint density at radius 2 is 2.23 bits per heavy atom. The van der Waals surface area contributed by atoms with Crippen molar-refractivity contribution in [1.29, 1.82) is 0 Å². The molecule has 1 aliphatic rings. The van der Waals surface area contributed by atoms with E-state index in [9.17, 15) is 0 Å². The smallest absolute Gasteiger partial charge is 0.124 e. The van der Waals surface area contributed by atoms with E-state index in [4.69, 9.17) is 9.47 Å². The van der Waals surface area contributed by atoms with Crippen molar-refractivity contribution >= 4 is 0 Å². The molecular formula is C11H14O2. The monoisotopic (exact) mass is 178 g/mol. The number of hydrogen-bond acceptors (Lipinski definition) is 2. The lowest BCUT2D eigenvalue weighted by atomic mass is 10.2. The zero-order valence-corrected chi connectivity index (χ0v) is 7.82. The van der Waals surface area contributed by atoms with Crippen LogP contribution < -0.4 is 4.74 Å². The van der Waals surface area contributed by atoms with Gasteiger partial charge in [0.2, 0.25) is 0 Å². The van der Waals surface area contributed by atoms with E-state index in [1.165, 1.54) is 5.56 Å². The average Bonchev–Trinajstić information content (AvgIpc) is 2.61. The molecule has 0 spiro atoms. The van der Waals surface area contributed by atoms with Crippen LogP contribution in [0.2, 0.25) is 0 Å². The summed E-state index contributed by atoms with van der Waals surface area (Å²) in [5.74, 6) is 0.984. The van der Waals surface area contributed by atoms with Crippen molar-refractivity contribution < 1.29 is 9.47 Å². The zero-order valence-electron chi connectivity index (χ0n) is 7.82. The Hall–Kier alpha value is -1.02. The average molecular weight is 178 g/mol. The molecule has 70 valence electrons. The Bertz CT molecular complexity index is 277. The summed E-state index contributed by atoms with van der Waals surface area (Å²) in [5.41, 5.74) is 1.19. The van der Waals surface area contributed by atoms with Crippen molar-refractivity contribution in [2.24, 2.45) is 0 Å². The summed E-state index contributed by atoms with van der Waals surface area (Å²) in [5, 5.41) is 0. The van der Waals surface area contributed by atoms with Gasteiger partial charge >= 0.3 is 0 Å². The molecule has 2 nitrogen and oxygen atoms in total. The molecule has 1 unspecified atom stereocenters. The van der Waals surface area contributed by atoms with Crippen LogP contribution in [0.3, 0.4) is 0 Å². The van der Waals surface area contributed by atoms with Crippen molar-refractivity contribution in [3.8, 4) is 5.75 Å². The summed E-state index contributed by atoms with van der Waals surface area (Å²) in [6, 6.07) is 8.09. The normalized spacial score (nSPS) is 21.8. The maximum absolute atomic E-state index is 5.78. The van der Waals surface area contributed by atoms with E-state index in [1.807, 2.05) is 18.2 Å². The molecule has 0 bridgehead atoms. The fourth-order valence-electron chi connectivity index (χ4n) is 1.47. The first-order valence-corrected chi connectivity index (χ1v) is 4.66. The highest BCUT2D eigenvalue weighted by molar-refractivity contribution is 5.31. The lowest BCUT2D eigenvalue weighted by Gasteiger charge is -2.13. The van der Waals surface area contributed by atoms with Gasteiger partial charge in [-0.2, -0.15) is 0 Å². The van der Waals surface area contributed by atoms with E-state index in [0.717, 1.165) is 25.4 Å². The van der Waals surface area contributed by atoms with Crippen molar-refractivity contribution in [3.63, 3.8) is 0 Å². The quantitative estimate of drug-likeness (QED) is 0.691. The van der Waals surface area contributed by atoms with Gasteiger partial charge in [-0.15, -0.1) is 0 Å². The highest BCUT2D eigenvalue weighted by Crippen LogP contribution is 2.20. The SMILES string of the molecule is Cc1ccccc1OC1CCOC1. The first-order chi connectivity index (χ1) is 6.36. The molecule has 1 atom stereocenters. The Balaban J connectivity index is 2.04. The summed E-state index contributed by atoms with van der Waals surface area (Å²) in [6.07, 6.45) is 1.26. The van der Waals surface area contributed by atoms with Crippen LogP contribution in [0, 0.1) is 6.92 Å². The summed E-state index contributed by atoms with van der Waals surface area (Å²) >= 11 is 0. The standard InChI is InChI=1S/C11H14O2/c1-9-4-2-3-5-11(9)13-10-6-7-12-8-10/h2-5,10H,6-8H2,1H3. The Labute approximate surface area is 78.5 Å². The number of hydrogen-bond donors (Lipinski definition) is 0. The number of para-hydroxylation sites is 1. The van der Waals surface area contributed by atoms with Crippen LogP contribution in [0.5, 0.6) is 5.75 Å². The minimum absolute atomic E-state index is 0.251. The molecule has 0 aliphatic carbocycles. The van der Waals surface area contributed by atoms with E-state index in [1.54, 1.807) is 0 Å². The van der Waals surface area contributed by atoms with Gasteiger partial charge in [0.1, 0.15) is 11.9 Å². The third-order valence-corrected chi connectivity index (χ3v) is 2.28. The fourth-order valence-corrected chi connectivity index (χ4v) is 1.47. The topological polar surface area (TPSA) is 18.5 Å². The second kappa shape index (κ2) is 3.79. The molecule has 0 radical (unpaired) electrons. The van der Waals surface area contributed by atoms with Crippen LogP contribution in [0.1, 0.15) is 12.0 Å². The molecule has 0 aromatic heterocycles. The van der Waals surface area contributed by atoms with Gasteiger partial charge in [0.25, 0.3) is 0 Å². The van der Waals surface area contributed by atoms with Crippen molar-refractivity contribution in [2.75, 3.05) is 13.2 Å². The van der Waals surface area contributed by atoms with Crippen molar-refractivity contribution in [1.82, 2.24) is 0 Å². The predicted molar refractivity (Wildman–Crippen MR) is 51.0 cm³/mol. The molecule has 0 amide bonds. The Morgan fingerprint density at radius 3 is 2.92 bits per heavy atom. The van der Waals surface area contributed by atoms with E-state index < -0.39 is 0 Å². The van der Waals surface area contributed by atoms with Crippen LogP contribution in [0.4, 0.5) is 0 Å². The highest BCUT2D eigenvalue weighted by atomic mass is 16.5. The van der Waals surface area contributed by atoms with Crippen LogP contribution in [0.25, 0.3) is 0 Å². The molecule has 1 saturated heterocycles. The third kappa shape index (κ3) is 2.01. The maximum Gasteiger partial charge on any atom is 0.124 e. The summed E-state index contributed by atoms with van der Waals surface area (Å²) in [7, 11) is 0. The van der Waals surface area contributed by atoms with Gasteiger partial charge in [0.15, 0.2) is 0 Å². The van der Waals surface area contributed by atoms with Gasteiger partial charge in [-0.05, 0) is 18.6 Å². The molecule has 1 aromatic rings. The van der Waals surface area contributed by atoms with Crippen molar-refractivity contribution in [3.05, 3.63) is 29.8 Å². The summed E-state index contributed by atoms with van der Waals surface area (Å²) in [6.45, 7) is 3.62. The first kappa shape index (κ1) is 8.57. The lowest BCUT2D eigenvalue weighted by Crippen LogP contribution is -2.16. The van der Waals surface area contributed by atoms with E-state index in [-0.39, 0.29) is 6.10 Å². The number of rotatable bonds is 2. The molecule has 0 saturated carbocycles. The predicted octanol–water partition coefficient (Wildman–Crippen LogP) is 2.16. The summed E-state index contributed by atoms with van der Waals surface area (Å²) in [4.78, 5) is 0. The van der Waals surface area contributed by atoms with Gasteiger partial charge in [0.05, 0.1) is 13.2 Å².